The van der Waals surface area contributed by atoms with E-state index in [0.717, 1.165) is 25.9 Å². The van der Waals surface area contributed by atoms with Gasteiger partial charge >= 0.3 is 0 Å². The summed E-state index contributed by atoms with van der Waals surface area (Å²) in [5.41, 5.74) is -0.273. The monoisotopic (exact) mass is 264 g/mol. The third-order valence-corrected chi connectivity index (χ3v) is 5.30. The number of aliphatic hydroxyl groups excluding tert-OH is 1. The minimum absolute atomic E-state index is 0.0929. The van der Waals surface area contributed by atoms with Gasteiger partial charge in [0, 0.05) is 12.1 Å². The number of nitrogens with zero attached hydrogens (tertiary/aromatic N) is 1. The zero-order valence-corrected chi connectivity index (χ0v) is 11.6. The van der Waals surface area contributed by atoms with Crippen LogP contribution in [0.3, 0.4) is 0 Å². The van der Waals surface area contributed by atoms with Gasteiger partial charge in [-0.2, -0.15) is 0 Å². The van der Waals surface area contributed by atoms with E-state index in [9.17, 15) is 13.5 Å². The number of aliphatic hydroxyl groups is 1. The second kappa shape index (κ2) is 6.13. The van der Waals surface area contributed by atoms with Gasteiger partial charge in [0.1, 0.15) is 0 Å². The molecule has 0 radical (unpaired) electrons. The molecule has 1 atom stereocenters. The van der Waals surface area contributed by atoms with Crippen molar-refractivity contribution in [2.45, 2.75) is 25.3 Å². The summed E-state index contributed by atoms with van der Waals surface area (Å²) in [6.45, 7) is 4.35. The lowest BCUT2D eigenvalue weighted by molar-refractivity contribution is 0.154. The molecule has 1 heterocycles. The molecular weight excluding hydrogens is 240 g/mol. The van der Waals surface area contributed by atoms with E-state index in [4.69, 9.17) is 0 Å². The molecule has 0 aromatic rings. The molecule has 5 nitrogen and oxygen atoms in total. The summed E-state index contributed by atoms with van der Waals surface area (Å²) in [5.74, 6) is 0.579. The number of likely N-dealkylation sites (N-methyl/N-ethyl adjacent to an activating group) is 1. The predicted octanol–water partition coefficient (Wildman–Crippen LogP) is -0.533. The molecule has 0 aromatic heterocycles. The lowest BCUT2D eigenvalue weighted by Gasteiger charge is -2.30. The molecule has 0 amide bonds. The molecule has 0 bridgehead atoms. The Morgan fingerprint density at radius 3 is 2.65 bits per heavy atom. The van der Waals surface area contributed by atoms with Crippen LogP contribution in [0.1, 0.15) is 19.8 Å². The lowest BCUT2D eigenvalue weighted by atomic mass is 9.99. The maximum atomic E-state index is 11.5. The highest BCUT2D eigenvalue weighted by Gasteiger charge is 2.24. The van der Waals surface area contributed by atoms with Crippen LogP contribution in [0.15, 0.2) is 0 Å². The van der Waals surface area contributed by atoms with Gasteiger partial charge in [-0.25, -0.2) is 8.42 Å². The lowest BCUT2D eigenvalue weighted by Crippen LogP contribution is -2.46. The van der Waals surface area contributed by atoms with E-state index in [-0.39, 0.29) is 17.9 Å². The molecule has 102 valence electrons. The van der Waals surface area contributed by atoms with E-state index < -0.39 is 9.84 Å². The molecule has 17 heavy (non-hydrogen) atoms. The van der Waals surface area contributed by atoms with Crippen LogP contribution < -0.4 is 5.32 Å². The fourth-order valence-electron chi connectivity index (χ4n) is 1.90. The van der Waals surface area contributed by atoms with Crippen LogP contribution in [-0.4, -0.2) is 68.8 Å². The maximum Gasteiger partial charge on any atom is 0.151 e. The fraction of sp³-hybridized carbons (Fsp3) is 1.00. The summed E-state index contributed by atoms with van der Waals surface area (Å²) in [6.07, 6.45) is 1.54. The molecule has 0 spiro atoms. The van der Waals surface area contributed by atoms with E-state index in [1.807, 2.05) is 14.0 Å². The number of nitrogens with one attached hydrogen (secondary N) is 1. The molecule has 0 aromatic carbocycles. The molecular formula is C11H24N2O3S. The van der Waals surface area contributed by atoms with Gasteiger partial charge < -0.3 is 15.3 Å². The van der Waals surface area contributed by atoms with Gasteiger partial charge in [-0.05, 0) is 39.9 Å². The van der Waals surface area contributed by atoms with Crippen molar-refractivity contribution in [3.05, 3.63) is 0 Å². The van der Waals surface area contributed by atoms with E-state index in [1.165, 1.54) is 0 Å². The van der Waals surface area contributed by atoms with Crippen LogP contribution in [0.25, 0.3) is 0 Å². The molecule has 2 N–H and O–H groups in total. The Morgan fingerprint density at radius 2 is 2.06 bits per heavy atom. The van der Waals surface area contributed by atoms with Crippen molar-refractivity contribution in [2.75, 3.05) is 44.8 Å². The highest BCUT2D eigenvalue weighted by Crippen LogP contribution is 2.11. The highest BCUT2D eigenvalue weighted by molar-refractivity contribution is 7.91. The van der Waals surface area contributed by atoms with Crippen molar-refractivity contribution in [2.24, 2.45) is 0 Å². The molecule has 0 aliphatic carbocycles. The Labute approximate surface area is 104 Å². The third kappa shape index (κ3) is 4.91. The minimum Gasteiger partial charge on any atom is -0.394 e. The van der Waals surface area contributed by atoms with E-state index in [0.29, 0.717) is 12.3 Å². The van der Waals surface area contributed by atoms with Crippen molar-refractivity contribution >= 4 is 9.84 Å². The predicted molar refractivity (Wildman–Crippen MR) is 68.9 cm³/mol. The Bertz CT molecular complexity index is 326. The largest absolute Gasteiger partial charge is 0.394 e. The standard InChI is InChI=1S/C11H24N2O3S/c1-11(10-14,12-2)4-6-13-5-3-8-17(15,16)9-7-13/h12,14H,3-10H2,1-2H3. The first-order chi connectivity index (χ1) is 7.91. The summed E-state index contributed by atoms with van der Waals surface area (Å²) in [6, 6.07) is 0. The fourth-order valence-corrected chi connectivity index (χ4v) is 3.21. The SMILES string of the molecule is CNC(C)(CO)CCN1CCCS(=O)(=O)CC1. The van der Waals surface area contributed by atoms with Crippen molar-refractivity contribution < 1.29 is 13.5 Å². The van der Waals surface area contributed by atoms with Crippen LogP contribution >= 0.6 is 0 Å². The average Bonchev–Trinajstić information content (AvgIpc) is 2.47. The number of hydrogen-bond acceptors (Lipinski definition) is 5. The first-order valence-corrected chi connectivity index (χ1v) is 7.95. The van der Waals surface area contributed by atoms with E-state index >= 15 is 0 Å². The van der Waals surface area contributed by atoms with Gasteiger partial charge in [0.2, 0.25) is 0 Å². The topological polar surface area (TPSA) is 69.6 Å². The number of hydrogen-bond donors (Lipinski definition) is 2. The van der Waals surface area contributed by atoms with Gasteiger partial charge in [0.15, 0.2) is 9.84 Å². The smallest absolute Gasteiger partial charge is 0.151 e. The number of sulfone groups is 1. The van der Waals surface area contributed by atoms with Crippen molar-refractivity contribution in [1.29, 1.82) is 0 Å². The molecule has 1 aliphatic heterocycles. The van der Waals surface area contributed by atoms with Crippen molar-refractivity contribution in [1.82, 2.24) is 10.2 Å². The molecule has 1 rings (SSSR count). The Morgan fingerprint density at radius 1 is 1.35 bits per heavy atom. The molecule has 6 heteroatoms. The Balaban J connectivity index is 2.42. The second-order valence-electron chi connectivity index (χ2n) is 5.07. The van der Waals surface area contributed by atoms with Crippen molar-refractivity contribution in [3.8, 4) is 0 Å². The quantitative estimate of drug-likeness (QED) is 0.698. The van der Waals surface area contributed by atoms with Gasteiger partial charge in [0.05, 0.1) is 18.1 Å². The molecule has 1 unspecified atom stereocenters. The summed E-state index contributed by atoms with van der Waals surface area (Å²) >= 11 is 0. The summed E-state index contributed by atoms with van der Waals surface area (Å²) < 4.78 is 22.9. The first-order valence-electron chi connectivity index (χ1n) is 6.13. The second-order valence-corrected chi connectivity index (χ2v) is 7.37. The van der Waals surface area contributed by atoms with Gasteiger partial charge in [-0.15, -0.1) is 0 Å². The molecule has 1 fully saturated rings. The zero-order chi connectivity index (χ0) is 12.9. The molecule has 1 aliphatic rings. The molecule has 1 saturated heterocycles. The van der Waals surface area contributed by atoms with Gasteiger partial charge in [0.25, 0.3) is 0 Å². The minimum atomic E-state index is -2.82. The van der Waals surface area contributed by atoms with Crippen LogP contribution in [0.4, 0.5) is 0 Å². The van der Waals surface area contributed by atoms with Gasteiger partial charge in [-0.1, -0.05) is 0 Å². The van der Waals surface area contributed by atoms with Gasteiger partial charge in [-0.3, -0.25) is 0 Å². The van der Waals surface area contributed by atoms with Crippen LogP contribution in [-0.2, 0) is 9.84 Å². The average molecular weight is 264 g/mol. The van der Waals surface area contributed by atoms with Crippen LogP contribution in [0.5, 0.6) is 0 Å². The normalized spacial score (nSPS) is 25.1. The first kappa shape index (κ1) is 14.9. The number of rotatable bonds is 5. The van der Waals surface area contributed by atoms with E-state index in [2.05, 4.69) is 10.2 Å². The Kier molecular flexibility index (Phi) is 5.37. The third-order valence-electron chi connectivity index (χ3n) is 3.58. The maximum absolute atomic E-state index is 11.5. The van der Waals surface area contributed by atoms with Crippen LogP contribution in [0.2, 0.25) is 0 Å². The Hall–Kier alpha value is -0.170. The van der Waals surface area contributed by atoms with Crippen molar-refractivity contribution in [3.63, 3.8) is 0 Å². The highest BCUT2D eigenvalue weighted by atomic mass is 32.2. The zero-order valence-electron chi connectivity index (χ0n) is 10.8. The van der Waals surface area contributed by atoms with E-state index in [1.54, 1.807) is 0 Å². The van der Waals surface area contributed by atoms with Crippen LogP contribution in [0, 0.1) is 0 Å². The summed E-state index contributed by atoms with van der Waals surface area (Å²) in [5, 5.41) is 12.4. The summed E-state index contributed by atoms with van der Waals surface area (Å²) in [4.78, 5) is 2.18. The molecule has 0 saturated carbocycles. The summed E-state index contributed by atoms with van der Waals surface area (Å²) in [7, 11) is -0.987.